The second-order valence-corrected chi connectivity index (χ2v) is 6.04. The molecular formula is C14H12N2O4S2. The zero-order valence-electron chi connectivity index (χ0n) is 11.8. The quantitative estimate of drug-likeness (QED) is 0.609. The van der Waals surface area contributed by atoms with Crippen molar-refractivity contribution in [1.29, 1.82) is 0 Å². The van der Waals surface area contributed by atoms with Crippen LogP contribution in [0.3, 0.4) is 0 Å². The number of aromatic nitrogens is 2. The summed E-state index contributed by atoms with van der Waals surface area (Å²) >= 11 is 0. The summed E-state index contributed by atoms with van der Waals surface area (Å²) in [5.41, 5.74) is 0.480. The van der Waals surface area contributed by atoms with Gasteiger partial charge in [-0.2, -0.15) is 0 Å². The molecule has 0 aliphatic rings. The summed E-state index contributed by atoms with van der Waals surface area (Å²) in [4.78, 5) is 31.2. The Kier molecular flexibility index (Phi) is 5.79. The van der Waals surface area contributed by atoms with Gasteiger partial charge in [0.15, 0.2) is 0 Å². The van der Waals surface area contributed by atoms with Crippen molar-refractivity contribution in [3.8, 4) is 0 Å². The lowest BCUT2D eigenvalue weighted by atomic mass is 10.4. The van der Waals surface area contributed by atoms with E-state index in [1.54, 1.807) is 36.4 Å². The van der Waals surface area contributed by atoms with Gasteiger partial charge in [0.05, 0.1) is 14.2 Å². The van der Waals surface area contributed by atoms with Gasteiger partial charge < -0.3 is 9.47 Å². The number of methoxy groups -OCH3 is 2. The number of esters is 2. The van der Waals surface area contributed by atoms with Gasteiger partial charge in [0.2, 0.25) is 0 Å². The van der Waals surface area contributed by atoms with Crippen LogP contribution in [0.5, 0.6) is 0 Å². The van der Waals surface area contributed by atoms with Crippen molar-refractivity contribution in [2.45, 2.75) is 10.1 Å². The number of hydrogen-bond acceptors (Lipinski definition) is 8. The maximum atomic E-state index is 11.4. The molecule has 0 bridgehead atoms. The number of ether oxygens (including phenoxy) is 2. The van der Waals surface area contributed by atoms with Gasteiger partial charge in [-0.25, -0.2) is 19.6 Å². The van der Waals surface area contributed by atoms with E-state index in [4.69, 9.17) is 0 Å². The number of pyridine rings is 2. The van der Waals surface area contributed by atoms with Crippen molar-refractivity contribution >= 4 is 33.5 Å². The standard InChI is InChI=1S/C14H12N2O4S2/c1-19-13(17)9-5-3-7-11(15-9)21-22-12-8-4-6-10(16-12)14(18)20-2/h3-8H,1-2H3. The molecule has 0 unspecified atom stereocenters. The third kappa shape index (κ3) is 4.22. The highest BCUT2D eigenvalue weighted by Crippen LogP contribution is 2.35. The Labute approximate surface area is 135 Å². The van der Waals surface area contributed by atoms with Gasteiger partial charge in [0.25, 0.3) is 0 Å². The first-order valence-electron chi connectivity index (χ1n) is 6.09. The molecule has 0 aliphatic carbocycles. The van der Waals surface area contributed by atoms with Crippen LogP contribution in [-0.4, -0.2) is 36.1 Å². The van der Waals surface area contributed by atoms with Crippen molar-refractivity contribution < 1.29 is 19.1 Å². The monoisotopic (exact) mass is 336 g/mol. The first-order chi connectivity index (χ1) is 10.6. The van der Waals surface area contributed by atoms with Gasteiger partial charge >= 0.3 is 11.9 Å². The lowest BCUT2D eigenvalue weighted by Crippen LogP contribution is -2.04. The fourth-order valence-corrected chi connectivity index (χ4v) is 3.22. The second kappa shape index (κ2) is 7.81. The third-order valence-corrected chi connectivity index (χ3v) is 4.60. The summed E-state index contributed by atoms with van der Waals surface area (Å²) in [5.74, 6) is -0.975. The summed E-state index contributed by atoms with van der Waals surface area (Å²) in [6, 6.07) is 10.1. The molecule has 0 aromatic carbocycles. The van der Waals surface area contributed by atoms with Gasteiger partial charge in [0.1, 0.15) is 21.4 Å². The Morgan fingerprint density at radius 1 is 0.818 bits per heavy atom. The molecule has 114 valence electrons. The molecule has 2 aromatic rings. The van der Waals surface area contributed by atoms with E-state index in [0.29, 0.717) is 10.1 Å². The number of hydrogen-bond donors (Lipinski definition) is 0. The summed E-state index contributed by atoms with van der Waals surface area (Å²) in [6.07, 6.45) is 0. The zero-order chi connectivity index (χ0) is 15.9. The highest BCUT2D eigenvalue weighted by Gasteiger charge is 2.10. The number of carbonyl (C=O) groups is 2. The predicted octanol–water partition coefficient (Wildman–Crippen LogP) is 2.85. The van der Waals surface area contributed by atoms with Crippen molar-refractivity contribution in [3.63, 3.8) is 0 Å². The average Bonchev–Trinajstić information content (AvgIpc) is 2.59. The molecule has 8 heteroatoms. The average molecular weight is 336 g/mol. The van der Waals surface area contributed by atoms with E-state index >= 15 is 0 Å². The molecule has 0 spiro atoms. The van der Waals surface area contributed by atoms with Crippen molar-refractivity contribution in [3.05, 3.63) is 47.8 Å². The lowest BCUT2D eigenvalue weighted by molar-refractivity contribution is 0.0584. The van der Waals surface area contributed by atoms with Crippen LogP contribution in [0.2, 0.25) is 0 Å². The number of carbonyl (C=O) groups excluding carboxylic acids is 2. The minimum Gasteiger partial charge on any atom is -0.464 e. The molecule has 0 atom stereocenters. The van der Waals surface area contributed by atoms with Crippen LogP contribution in [0.1, 0.15) is 21.0 Å². The Balaban J connectivity index is 2.07. The van der Waals surface area contributed by atoms with E-state index in [1.165, 1.54) is 35.8 Å². The second-order valence-electron chi connectivity index (χ2n) is 3.87. The molecule has 0 radical (unpaired) electrons. The highest BCUT2D eigenvalue weighted by molar-refractivity contribution is 8.76. The van der Waals surface area contributed by atoms with E-state index in [-0.39, 0.29) is 11.4 Å². The molecule has 2 heterocycles. The van der Waals surface area contributed by atoms with Gasteiger partial charge in [-0.15, -0.1) is 0 Å². The van der Waals surface area contributed by atoms with E-state index in [0.717, 1.165) is 0 Å². The minimum absolute atomic E-state index is 0.240. The van der Waals surface area contributed by atoms with Crippen LogP contribution in [0.25, 0.3) is 0 Å². The Morgan fingerprint density at radius 2 is 1.23 bits per heavy atom. The molecule has 2 rings (SSSR count). The van der Waals surface area contributed by atoms with Crippen LogP contribution < -0.4 is 0 Å². The first kappa shape index (κ1) is 16.3. The Bertz CT molecular complexity index is 635. The normalized spacial score (nSPS) is 10.1. The predicted molar refractivity (Wildman–Crippen MR) is 82.9 cm³/mol. The summed E-state index contributed by atoms with van der Waals surface area (Å²) in [6.45, 7) is 0. The van der Waals surface area contributed by atoms with Gasteiger partial charge in [0, 0.05) is 0 Å². The van der Waals surface area contributed by atoms with Gasteiger partial charge in [-0.3, -0.25) is 0 Å². The highest BCUT2D eigenvalue weighted by atomic mass is 33.1. The molecule has 0 amide bonds. The van der Waals surface area contributed by atoms with E-state index in [2.05, 4.69) is 19.4 Å². The fraction of sp³-hybridized carbons (Fsp3) is 0.143. The summed E-state index contributed by atoms with van der Waals surface area (Å²) in [7, 11) is 5.27. The molecule has 2 aromatic heterocycles. The maximum absolute atomic E-state index is 11.4. The van der Waals surface area contributed by atoms with E-state index < -0.39 is 11.9 Å². The molecular weight excluding hydrogens is 324 g/mol. The number of nitrogens with zero attached hydrogens (tertiary/aromatic N) is 2. The molecule has 6 nitrogen and oxygen atoms in total. The van der Waals surface area contributed by atoms with Crippen molar-refractivity contribution in [2.75, 3.05) is 14.2 Å². The van der Waals surface area contributed by atoms with Crippen LogP contribution in [-0.2, 0) is 9.47 Å². The molecule has 0 aliphatic heterocycles. The minimum atomic E-state index is -0.488. The Morgan fingerprint density at radius 3 is 1.59 bits per heavy atom. The molecule has 0 N–H and O–H groups in total. The molecule has 22 heavy (non-hydrogen) atoms. The zero-order valence-corrected chi connectivity index (χ0v) is 13.4. The Hall–Kier alpha value is -2.06. The van der Waals surface area contributed by atoms with Gasteiger partial charge in [-0.1, -0.05) is 12.1 Å². The van der Waals surface area contributed by atoms with Crippen LogP contribution in [0.4, 0.5) is 0 Å². The van der Waals surface area contributed by atoms with Crippen molar-refractivity contribution in [1.82, 2.24) is 9.97 Å². The van der Waals surface area contributed by atoms with Crippen LogP contribution in [0.15, 0.2) is 46.5 Å². The molecule has 0 fully saturated rings. The van der Waals surface area contributed by atoms with E-state index in [9.17, 15) is 9.59 Å². The lowest BCUT2D eigenvalue weighted by Gasteiger charge is -2.03. The SMILES string of the molecule is COC(=O)c1cccc(SSc2cccc(C(=O)OC)n2)n1. The number of rotatable bonds is 5. The molecule has 0 saturated heterocycles. The first-order valence-corrected chi connectivity index (χ1v) is 8.24. The summed E-state index contributed by atoms with van der Waals surface area (Å²) < 4.78 is 9.25. The largest absolute Gasteiger partial charge is 0.464 e. The molecule has 0 saturated carbocycles. The van der Waals surface area contributed by atoms with Crippen LogP contribution in [0, 0.1) is 0 Å². The topological polar surface area (TPSA) is 78.4 Å². The fourth-order valence-electron chi connectivity index (χ4n) is 1.44. The summed E-state index contributed by atoms with van der Waals surface area (Å²) in [5, 5.41) is 1.27. The maximum Gasteiger partial charge on any atom is 0.356 e. The van der Waals surface area contributed by atoms with Crippen LogP contribution >= 0.6 is 21.6 Å². The third-order valence-electron chi connectivity index (χ3n) is 2.45. The smallest absolute Gasteiger partial charge is 0.356 e. The van der Waals surface area contributed by atoms with Gasteiger partial charge in [-0.05, 0) is 45.9 Å². The van der Waals surface area contributed by atoms with Crippen molar-refractivity contribution in [2.24, 2.45) is 0 Å². The van der Waals surface area contributed by atoms with E-state index in [1.807, 2.05) is 0 Å².